The minimum absolute atomic E-state index is 0.0402. The first-order valence-corrected chi connectivity index (χ1v) is 16.4. The molecule has 7 heterocycles. The number of aliphatic imine (C=N–C) groups is 1. The lowest BCUT2D eigenvalue weighted by molar-refractivity contribution is -0.130. The number of aliphatic hydroxyl groups is 2. The lowest BCUT2D eigenvalue weighted by Gasteiger charge is -2.39. The number of imidazole rings is 1. The van der Waals surface area contributed by atoms with Crippen molar-refractivity contribution < 1.29 is 61.5 Å². The minimum atomic E-state index is -5.08. The number of hydrogen-bond acceptors (Lipinski definition) is 19. The summed E-state index contributed by atoms with van der Waals surface area (Å²) in [6.07, 6.45) is -10.7. The maximum Gasteiger partial charge on any atom is 0.472 e. The first-order valence-electron chi connectivity index (χ1n) is 13.4. The zero-order valence-corrected chi connectivity index (χ0v) is 24.5. The summed E-state index contributed by atoms with van der Waals surface area (Å²) in [5.41, 5.74) is 12.0. The van der Waals surface area contributed by atoms with Crippen molar-refractivity contribution in [2.75, 3.05) is 18.9 Å². The number of nitrogen functional groups attached to an aromatic ring is 1. The van der Waals surface area contributed by atoms with E-state index in [0.29, 0.717) is 0 Å². The van der Waals surface area contributed by atoms with Crippen LogP contribution in [-0.4, -0.2) is 131 Å². The van der Waals surface area contributed by atoms with E-state index in [2.05, 4.69) is 30.6 Å². The fourth-order valence-electron chi connectivity index (χ4n) is 5.72. The Labute approximate surface area is 251 Å². The fourth-order valence-corrected chi connectivity index (χ4v) is 7.62. The van der Waals surface area contributed by atoms with Crippen molar-refractivity contribution in [3.63, 3.8) is 0 Å². The van der Waals surface area contributed by atoms with E-state index in [0.717, 1.165) is 6.33 Å². The quantitative estimate of drug-likeness (QED) is 0.139. The van der Waals surface area contributed by atoms with Gasteiger partial charge in [0.25, 0.3) is 5.91 Å². The molecule has 5 aliphatic heterocycles. The molecule has 0 saturated carbocycles. The van der Waals surface area contributed by atoms with Crippen LogP contribution in [0.25, 0.3) is 11.2 Å². The lowest BCUT2D eigenvalue weighted by Crippen LogP contribution is -2.70. The molecule has 5 unspecified atom stereocenters. The highest BCUT2D eigenvalue weighted by molar-refractivity contribution is 7.47. The van der Waals surface area contributed by atoms with Crippen LogP contribution < -0.4 is 22.1 Å². The van der Waals surface area contributed by atoms with Gasteiger partial charge in [0.2, 0.25) is 0 Å². The molecule has 4 saturated heterocycles. The number of nitrogens with one attached hydrogen (secondary N) is 2. The monoisotopic (exact) mass is 678 g/mol. The molecule has 0 aliphatic carbocycles. The van der Waals surface area contributed by atoms with Crippen LogP contribution in [0.15, 0.2) is 17.6 Å². The number of phosphoric ester groups is 2. The summed E-state index contributed by atoms with van der Waals surface area (Å²) in [6.45, 7) is -1.60. The second-order valence-corrected chi connectivity index (χ2v) is 13.4. The third kappa shape index (κ3) is 5.53. The number of carbonyl (C=O) groups is 1. The zero-order chi connectivity index (χ0) is 31.8. The van der Waals surface area contributed by atoms with E-state index < -0.39 is 102 Å². The summed E-state index contributed by atoms with van der Waals surface area (Å²) < 4.78 is 60.2. The number of phosphoric acid groups is 2. The summed E-state index contributed by atoms with van der Waals surface area (Å²) >= 11 is 0. The average molecular weight is 678 g/mol. The molecule has 5 aliphatic rings. The topological polar surface area (TPSA) is 323 Å². The van der Waals surface area contributed by atoms with Crippen molar-refractivity contribution in [2.24, 2.45) is 10.7 Å². The molecule has 1 amide bonds. The number of aliphatic hydroxyl groups excluding tert-OH is 2. The van der Waals surface area contributed by atoms with Crippen LogP contribution in [0.2, 0.25) is 0 Å². The van der Waals surface area contributed by atoms with Crippen molar-refractivity contribution >= 4 is 44.9 Å². The molecule has 2 aromatic rings. The largest absolute Gasteiger partial charge is 0.472 e. The Hall–Kier alpha value is -2.73. The van der Waals surface area contributed by atoms with E-state index in [1.54, 1.807) is 0 Å². The Kier molecular flexibility index (Phi) is 7.70. The van der Waals surface area contributed by atoms with Crippen LogP contribution in [0.3, 0.4) is 0 Å². The van der Waals surface area contributed by atoms with E-state index in [9.17, 15) is 33.9 Å². The second kappa shape index (κ2) is 11.2. The number of ether oxygens (including phenoxy) is 2. The molecule has 0 aromatic carbocycles. The highest BCUT2D eigenvalue weighted by atomic mass is 31.2. The van der Waals surface area contributed by atoms with E-state index in [1.807, 2.05) is 0 Å². The lowest BCUT2D eigenvalue weighted by atomic mass is 10.1. The maximum absolute atomic E-state index is 13.2. The van der Waals surface area contributed by atoms with Gasteiger partial charge < -0.3 is 45.4 Å². The molecule has 0 radical (unpaired) electrons. The van der Waals surface area contributed by atoms with Gasteiger partial charge in [-0.25, -0.2) is 24.1 Å². The molecular weight excluding hydrogens is 650 g/mol. The van der Waals surface area contributed by atoms with E-state index >= 15 is 0 Å². The Morgan fingerprint density at radius 2 is 1.64 bits per heavy atom. The molecule has 246 valence electrons. The fraction of sp³-hybridized carbons (Fsp3) is 0.650. The Morgan fingerprint density at radius 3 is 2.40 bits per heavy atom. The molecule has 45 heavy (non-hydrogen) atoms. The number of hydrogen-bond donors (Lipinski definition) is 8. The first kappa shape index (κ1) is 30.9. The molecule has 13 atom stereocenters. The van der Waals surface area contributed by atoms with E-state index in [1.165, 1.54) is 22.1 Å². The number of aromatic nitrogens is 4. The van der Waals surface area contributed by atoms with Gasteiger partial charge >= 0.3 is 15.6 Å². The van der Waals surface area contributed by atoms with Crippen LogP contribution in [0.5, 0.6) is 0 Å². The number of anilines is 1. The normalized spacial score (nSPS) is 45.4. The Bertz CT molecular complexity index is 1620. The smallest absolute Gasteiger partial charge is 0.387 e. The Balaban J connectivity index is 1.16. The summed E-state index contributed by atoms with van der Waals surface area (Å²) in [7, 11) is -10.1. The molecule has 25 heteroatoms. The van der Waals surface area contributed by atoms with Crippen molar-refractivity contribution in [2.45, 2.75) is 67.6 Å². The van der Waals surface area contributed by atoms with Gasteiger partial charge in [-0.3, -0.25) is 43.5 Å². The molecular formula is C20H28N10O13P2. The van der Waals surface area contributed by atoms with Gasteiger partial charge in [0.1, 0.15) is 60.9 Å². The number of rotatable bonds is 2. The standard InChI is InChI=1S/C20H28N10O13P2/c21-14-8-15(24-3-23-14)29(4-25-8)18-11(32)12-7(41-18)2-39-45(36,37)43-13-10(31)6(1-38-44(34,35)42-12)40-19(13)30-5-26-9-16(30)27-20(22)28-17(9)33/h3-7,9-13,16,18-20,27,31-32H,1-2,22H2,(H,28,33)(H,34,35)(H,36,37)(H2,21,23,24)/t6-,7-,9?,10-,11-,12-,13-,16?,18-,19-,20?/m1/s1. The number of carbonyl (C=O) groups excluding carboxylic acids is 1. The minimum Gasteiger partial charge on any atom is -0.387 e. The highest BCUT2D eigenvalue weighted by Crippen LogP contribution is 2.53. The zero-order valence-electron chi connectivity index (χ0n) is 22.7. The third-order valence-corrected chi connectivity index (χ3v) is 9.76. The second-order valence-electron chi connectivity index (χ2n) is 10.6. The van der Waals surface area contributed by atoms with Crippen LogP contribution in [-0.2, 0) is 41.5 Å². The van der Waals surface area contributed by atoms with Crippen molar-refractivity contribution in [3.05, 3.63) is 12.7 Å². The van der Waals surface area contributed by atoms with Gasteiger partial charge in [-0.05, 0) is 0 Å². The number of nitrogens with zero attached hydrogens (tertiary/aromatic N) is 6. The van der Waals surface area contributed by atoms with Crippen molar-refractivity contribution in [1.82, 2.24) is 35.1 Å². The number of nitrogens with two attached hydrogens (primary N) is 2. The summed E-state index contributed by atoms with van der Waals surface area (Å²) in [6, 6.07) is -0.985. The van der Waals surface area contributed by atoms with Gasteiger partial charge in [-0.15, -0.1) is 0 Å². The summed E-state index contributed by atoms with van der Waals surface area (Å²) in [5, 5.41) is 27.5. The van der Waals surface area contributed by atoms with Crippen LogP contribution in [0.4, 0.5) is 5.82 Å². The number of amides is 1. The molecule has 0 spiro atoms. The predicted molar refractivity (Wildman–Crippen MR) is 143 cm³/mol. The van der Waals surface area contributed by atoms with E-state index in [4.69, 9.17) is 39.0 Å². The molecule has 10 N–H and O–H groups in total. The van der Waals surface area contributed by atoms with Crippen LogP contribution >= 0.6 is 15.6 Å². The van der Waals surface area contributed by atoms with Crippen molar-refractivity contribution in [3.8, 4) is 0 Å². The molecule has 2 aromatic heterocycles. The molecule has 23 nitrogen and oxygen atoms in total. The third-order valence-electron chi connectivity index (χ3n) is 7.79. The predicted octanol–water partition coefficient (Wildman–Crippen LogP) is -4.23. The molecule has 7 rings (SSSR count). The molecule has 2 bridgehead atoms. The maximum atomic E-state index is 13.2. The summed E-state index contributed by atoms with van der Waals surface area (Å²) in [5.74, 6) is -0.470. The van der Waals surface area contributed by atoms with Gasteiger partial charge in [0, 0.05) is 0 Å². The van der Waals surface area contributed by atoms with Gasteiger partial charge in [-0.1, -0.05) is 0 Å². The number of fused-ring (bicyclic) bond motifs is 5. The van der Waals surface area contributed by atoms with Crippen LogP contribution in [0.1, 0.15) is 6.23 Å². The Morgan fingerprint density at radius 1 is 0.956 bits per heavy atom. The first-order chi connectivity index (χ1) is 21.3. The van der Waals surface area contributed by atoms with Crippen LogP contribution in [0, 0.1) is 0 Å². The van der Waals surface area contributed by atoms with Crippen molar-refractivity contribution in [1.29, 1.82) is 0 Å². The molecule has 4 fully saturated rings. The average Bonchev–Trinajstić information content (AvgIpc) is 3.72. The van der Waals surface area contributed by atoms with Gasteiger partial charge in [-0.2, -0.15) is 0 Å². The van der Waals surface area contributed by atoms with Gasteiger partial charge in [0.15, 0.2) is 30.0 Å². The van der Waals surface area contributed by atoms with Gasteiger partial charge in [0.05, 0.1) is 25.9 Å². The highest BCUT2D eigenvalue weighted by Gasteiger charge is 2.56. The summed E-state index contributed by atoms with van der Waals surface area (Å²) in [4.78, 5) is 51.1. The SMILES string of the molecule is Nc1ncnc2c1ncn2[C@@H]1O[C@@H]2COP(=O)(O)O[C@@H]3[C@H](O)[C@@H](COP(=O)(O)O[C@H]2[C@H]1O)O[C@H]3N1C=NC2C(=O)NC(N)NC21. The van der Waals surface area contributed by atoms with E-state index in [-0.39, 0.29) is 17.0 Å².